The van der Waals surface area contributed by atoms with Gasteiger partial charge < -0.3 is 10.5 Å². The van der Waals surface area contributed by atoms with E-state index < -0.39 is 0 Å². The lowest BCUT2D eigenvalue weighted by Gasteiger charge is -2.13. The van der Waals surface area contributed by atoms with Gasteiger partial charge >= 0.3 is 0 Å². The second kappa shape index (κ2) is 6.08. The summed E-state index contributed by atoms with van der Waals surface area (Å²) >= 11 is 5.98. The number of nitrogens with zero attached hydrogens (tertiary/aromatic N) is 2. The second-order valence-electron chi connectivity index (χ2n) is 4.46. The Balaban J connectivity index is 2.10. The molecule has 2 aromatic rings. The zero-order valence-corrected chi connectivity index (χ0v) is 11.9. The van der Waals surface area contributed by atoms with E-state index in [0.717, 1.165) is 23.4 Å². The van der Waals surface area contributed by atoms with E-state index in [0.29, 0.717) is 11.6 Å². The molecule has 1 unspecified atom stereocenters. The van der Waals surface area contributed by atoms with Gasteiger partial charge in [0.1, 0.15) is 12.4 Å². The van der Waals surface area contributed by atoms with E-state index in [1.165, 1.54) is 0 Å². The number of aromatic nitrogens is 2. The van der Waals surface area contributed by atoms with Crippen LogP contribution in [-0.4, -0.2) is 9.78 Å². The maximum absolute atomic E-state index is 5.98. The standard InChI is InChI=1S/C14H18ClN3O/c1-3-18-8-11(7-17-18)9-19-14-5-4-12(15)6-13(14)10(2)16/h4-8,10H,3,9,16H2,1-2H3. The summed E-state index contributed by atoms with van der Waals surface area (Å²) in [6, 6.07) is 5.38. The first kappa shape index (κ1) is 13.9. The minimum Gasteiger partial charge on any atom is -0.488 e. The smallest absolute Gasteiger partial charge is 0.124 e. The Morgan fingerprint density at radius 2 is 2.26 bits per heavy atom. The predicted octanol–water partition coefficient (Wildman–Crippen LogP) is 3.16. The maximum Gasteiger partial charge on any atom is 0.124 e. The van der Waals surface area contributed by atoms with Crippen LogP contribution in [0.3, 0.4) is 0 Å². The highest BCUT2D eigenvalue weighted by atomic mass is 35.5. The molecule has 0 aliphatic carbocycles. The van der Waals surface area contributed by atoms with Crippen molar-refractivity contribution in [3.8, 4) is 5.75 Å². The van der Waals surface area contributed by atoms with Crippen LogP contribution < -0.4 is 10.5 Å². The number of benzene rings is 1. The van der Waals surface area contributed by atoms with Crippen molar-refractivity contribution in [2.45, 2.75) is 33.0 Å². The van der Waals surface area contributed by atoms with E-state index in [1.54, 1.807) is 6.07 Å². The average Bonchev–Trinajstić information content (AvgIpc) is 2.85. The van der Waals surface area contributed by atoms with Gasteiger partial charge in [-0.25, -0.2) is 0 Å². The quantitative estimate of drug-likeness (QED) is 0.915. The predicted molar refractivity (Wildman–Crippen MR) is 76.3 cm³/mol. The minimum atomic E-state index is -0.118. The molecule has 102 valence electrons. The van der Waals surface area contributed by atoms with Crippen molar-refractivity contribution in [1.82, 2.24) is 9.78 Å². The summed E-state index contributed by atoms with van der Waals surface area (Å²) in [6.07, 6.45) is 3.78. The Labute approximate surface area is 118 Å². The number of hydrogen-bond donors (Lipinski definition) is 1. The molecule has 1 aromatic carbocycles. The Kier molecular flexibility index (Phi) is 4.45. The van der Waals surface area contributed by atoms with E-state index in [4.69, 9.17) is 22.1 Å². The molecule has 2 rings (SSSR count). The molecular weight excluding hydrogens is 262 g/mol. The summed E-state index contributed by atoms with van der Waals surface area (Å²) in [7, 11) is 0. The zero-order valence-electron chi connectivity index (χ0n) is 11.1. The molecule has 0 bridgehead atoms. The van der Waals surface area contributed by atoms with Crippen LogP contribution in [0.15, 0.2) is 30.6 Å². The van der Waals surface area contributed by atoms with Gasteiger partial charge in [0.05, 0.1) is 6.20 Å². The van der Waals surface area contributed by atoms with Crippen molar-refractivity contribution < 1.29 is 4.74 Å². The third-order valence-corrected chi connectivity index (χ3v) is 3.10. The lowest BCUT2D eigenvalue weighted by atomic mass is 10.1. The van der Waals surface area contributed by atoms with Gasteiger partial charge in [-0.2, -0.15) is 5.10 Å². The topological polar surface area (TPSA) is 53.1 Å². The molecule has 0 aliphatic rings. The summed E-state index contributed by atoms with van der Waals surface area (Å²) in [4.78, 5) is 0. The van der Waals surface area contributed by atoms with Crippen LogP contribution in [-0.2, 0) is 13.2 Å². The molecular formula is C14H18ClN3O. The van der Waals surface area contributed by atoms with Crippen molar-refractivity contribution in [3.05, 3.63) is 46.7 Å². The fourth-order valence-corrected chi connectivity index (χ4v) is 2.00. The van der Waals surface area contributed by atoms with Crippen LogP contribution >= 0.6 is 11.6 Å². The van der Waals surface area contributed by atoms with Crippen molar-refractivity contribution in [3.63, 3.8) is 0 Å². The molecule has 0 saturated heterocycles. The van der Waals surface area contributed by atoms with Gasteiger partial charge in [0.15, 0.2) is 0 Å². The van der Waals surface area contributed by atoms with Gasteiger partial charge in [0, 0.05) is 34.9 Å². The van der Waals surface area contributed by atoms with Crippen molar-refractivity contribution in [2.75, 3.05) is 0 Å². The number of ether oxygens (including phenoxy) is 1. The van der Waals surface area contributed by atoms with Crippen LogP contribution in [0.1, 0.15) is 31.0 Å². The first-order chi connectivity index (χ1) is 9.10. The maximum atomic E-state index is 5.98. The van der Waals surface area contributed by atoms with E-state index in [1.807, 2.05) is 43.1 Å². The summed E-state index contributed by atoms with van der Waals surface area (Å²) < 4.78 is 7.67. The highest BCUT2D eigenvalue weighted by molar-refractivity contribution is 6.30. The first-order valence-electron chi connectivity index (χ1n) is 6.29. The molecule has 0 fully saturated rings. The van der Waals surface area contributed by atoms with Gasteiger partial charge in [-0.3, -0.25) is 4.68 Å². The fourth-order valence-electron chi connectivity index (χ4n) is 1.82. The third-order valence-electron chi connectivity index (χ3n) is 2.87. The summed E-state index contributed by atoms with van der Waals surface area (Å²) in [5.41, 5.74) is 7.87. The highest BCUT2D eigenvalue weighted by Gasteiger charge is 2.09. The lowest BCUT2D eigenvalue weighted by molar-refractivity contribution is 0.301. The monoisotopic (exact) mass is 279 g/mol. The highest BCUT2D eigenvalue weighted by Crippen LogP contribution is 2.27. The SMILES string of the molecule is CCn1cc(COc2ccc(Cl)cc2C(C)N)cn1. The molecule has 1 aromatic heterocycles. The Morgan fingerprint density at radius 3 is 2.89 bits per heavy atom. The summed E-state index contributed by atoms with van der Waals surface area (Å²) in [5.74, 6) is 0.767. The summed E-state index contributed by atoms with van der Waals surface area (Å²) in [5, 5.41) is 4.87. The van der Waals surface area contributed by atoms with E-state index in [-0.39, 0.29) is 6.04 Å². The van der Waals surface area contributed by atoms with Gasteiger partial charge in [0.2, 0.25) is 0 Å². The average molecular weight is 280 g/mol. The first-order valence-corrected chi connectivity index (χ1v) is 6.67. The van der Waals surface area contributed by atoms with Gasteiger partial charge in [-0.15, -0.1) is 0 Å². The molecule has 2 N–H and O–H groups in total. The molecule has 4 nitrogen and oxygen atoms in total. The molecule has 0 amide bonds. The van der Waals surface area contributed by atoms with Crippen LogP contribution in [0.4, 0.5) is 0 Å². The molecule has 0 saturated carbocycles. The van der Waals surface area contributed by atoms with Gasteiger partial charge in [0.25, 0.3) is 0 Å². The zero-order chi connectivity index (χ0) is 13.8. The Hall–Kier alpha value is -1.52. The number of halogens is 1. The normalized spacial score (nSPS) is 12.4. The lowest BCUT2D eigenvalue weighted by Crippen LogP contribution is -2.08. The van der Waals surface area contributed by atoms with Gasteiger partial charge in [-0.1, -0.05) is 11.6 Å². The van der Waals surface area contributed by atoms with Gasteiger partial charge in [-0.05, 0) is 32.0 Å². The van der Waals surface area contributed by atoms with E-state index in [2.05, 4.69) is 5.10 Å². The van der Waals surface area contributed by atoms with Crippen molar-refractivity contribution in [1.29, 1.82) is 0 Å². The number of hydrogen-bond acceptors (Lipinski definition) is 3. The fraction of sp³-hybridized carbons (Fsp3) is 0.357. The molecule has 1 atom stereocenters. The minimum absolute atomic E-state index is 0.118. The van der Waals surface area contributed by atoms with E-state index >= 15 is 0 Å². The Morgan fingerprint density at radius 1 is 1.47 bits per heavy atom. The third kappa shape index (κ3) is 3.49. The van der Waals surface area contributed by atoms with E-state index in [9.17, 15) is 0 Å². The molecule has 0 radical (unpaired) electrons. The number of rotatable bonds is 5. The molecule has 5 heteroatoms. The number of aryl methyl sites for hydroxylation is 1. The molecule has 0 spiro atoms. The molecule has 19 heavy (non-hydrogen) atoms. The van der Waals surface area contributed by atoms with Crippen LogP contribution in [0.5, 0.6) is 5.75 Å². The summed E-state index contributed by atoms with van der Waals surface area (Å²) in [6.45, 7) is 5.28. The van der Waals surface area contributed by atoms with Crippen LogP contribution in [0, 0.1) is 0 Å². The van der Waals surface area contributed by atoms with Crippen molar-refractivity contribution in [2.24, 2.45) is 5.73 Å². The second-order valence-corrected chi connectivity index (χ2v) is 4.90. The van der Waals surface area contributed by atoms with Crippen LogP contribution in [0.25, 0.3) is 0 Å². The molecule has 1 heterocycles. The van der Waals surface area contributed by atoms with Crippen molar-refractivity contribution >= 4 is 11.6 Å². The molecule has 0 aliphatic heterocycles. The largest absolute Gasteiger partial charge is 0.488 e. The Bertz CT molecular complexity index is 551. The number of nitrogens with two attached hydrogens (primary N) is 1. The van der Waals surface area contributed by atoms with Crippen LogP contribution in [0.2, 0.25) is 5.02 Å².